The highest BCUT2D eigenvalue weighted by Crippen LogP contribution is 2.40. The van der Waals surface area contributed by atoms with Gasteiger partial charge < -0.3 is 9.84 Å². The molecule has 0 spiro atoms. The minimum atomic E-state index is -0.608. The normalized spacial score (nSPS) is 17.2. The number of benzene rings is 1. The number of aromatic nitrogens is 1. The Morgan fingerprint density at radius 2 is 1.96 bits per heavy atom. The number of hydrogen-bond donors (Lipinski definition) is 1. The lowest BCUT2D eigenvalue weighted by Crippen LogP contribution is -2.12. The lowest BCUT2D eigenvalue weighted by atomic mass is 10.2. The average molecular weight is 387 g/mol. The number of nitrogens with zero attached hydrogens (tertiary/aromatic N) is 2. The number of thioether (sulfide) groups is 1. The molecule has 0 aliphatic carbocycles. The molecule has 0 radical (unpaired) electrons. The van der Waals surface area contributed by atoms with E-state index in [9.17, 15) is 9.90 Å². The van der Waals surface area contributed by atoms with Gasteiger partial charge in [-0.2, -0.15) is 0 Å². The van der Waals surface area contributed by atoms with Crippen LogP contribution in [0.3, 0.4) is 0 Å². The van der Waals surface area contributed by atoms with Crippen LogP contribution in [0.5, 0.6) is 0 Å². The largest absolute Gasteiger partial charge is 0.506 e. The predicted octanol–water partition coefficient (Wildman–Crippen LogP) is 4.93. The van der Waals surface area contributed by atoms with Gasteiger partial charge in [0.1, 0.15) is 16.4 Å². The number of ether oxygens (including phenoxy) is 1. The molecule has 1 N–H and O–H groups in total. The number of hydrogen-bond acceptors (Lipinski definition) is 6. The van der Waals surface area contributed by atoms with Crippen molar-refractivity contribution in [3.63, 3.8) is 0 Å². The van der Waals surface area contributed by atoms with Crippen molar-refractivity contribution >= 4 is 46.1 Å². The maximum Gasteiger partial charge on any atom is 0.344 e. The first-order chi connectivity index (χ1) is 12.6. The Kier molecular flexibility index (Phi) is 5.75. The van der Waals surface area contributed by atoms with Crippen LogP contribution in [0.15, 0.2) is 70.0 Å². The van der Waals surface area contributed by atoms with Crippen molar-refractivity contribution in [2.24, 2.45) is 4.99 Å². The van der Waals surface area contributed by atoms with Crippen molar-refractivity contribution in [3.05, 3.63) is 75.6 Å². The fraction of sp³-hybridized carbons (Fsp3) is 0.105. The number of carbonyl (C=O) groups is 1. The molecule has 0 unspecified atom stereocenters. The molecular formula is C19H15ClN2O3S. The smallest absolute Gasteiger partial charge is 0.344 e. The third kappa shape index (κ3) is 4.15. The van der Waals surface area contributed by atoms with E-state index >= 15 is 0 Å². The van der Waals surface area contributed by atoms with Gasteiger partial charge in [0, 0.05) is 17.4 Å². The zero-order valence-electron chi connectivity index (χ0n) is 13.8. The summed E-state index contributed by atoms with van der Waals surface area (Å²) in [5.41, 5.74) is 1.54. The molecule has 0 bridgehead atoms. The number of esters is 1. The minimum absolute atomic E-state index is 0.0621. The van der Waals surface area contributed by atoms with E-state index in [1.54, 1.807) is 61.8 Å². The van der Waals surface area contributed by atoms with Gasteiger partial charge in [-0.1, -0.05) is 23.4 Å². The topological polar surface area (TPSA) is 71.8 Å². The summed E-state index contributed by atoms with van der Waals surface area (Å²) in [5.74, 6) is -0.749. The van der Waals surface area contributed by atoms with Gasteiger partial charge >= 0.3 is 5.97 Å². The third-order valence-corrected chi connectivity index (χ3v) is 4.70. The Hall–Kier alpha value is -2.57. The summed E-state index contributed by atoms with van der Waals surface area (Å²) < 4.78 is 5.07. The van der Waals surface area contributed by atoms with Crippen LogP contribution >= 0.6 is 23.4 Å². The molecule has 2 heterocycles. The monoisotopic (exact) mass is 386 g/mol. The van der Waals surface area contributed by atoms with E-state index < -0.39 is 5.97 Å². The number of aliphatic hydroxyl groups is 1. The van der Waals surface area contributed by atoms with Gasteiger partial charge in [-0.15, -0.1) is 0 Å². The van der Waals surface area contributed by atoms with E-state index in [-0.39, 0.29) is 17.9 Å². The Balaban J connectivity index is 2.02. The molecule has 132 valence electrons. The van der Waals surface area contributed by atoms with Crippen molar-refractivity contribution in [1.82, 2.24) is 4.98 Å². The molecule has 1 aromatic heterocycles. The number of halogens is 1. The lowest BCUT2D eigenvalue weighted by molar-refractivity contribution is -0.138. The molecule has 0 amide bonds. The van der Waals surface area contributed by atoms with Crippen molar-refractivity contribution in [2.75, 3.05) is 6.61 Å². The maximum atomic E-state index is 12.3. The summed E-state index contributed by atoms with van der Waals surface area (Å²) in [6.07, 6.45) is 5.08. The fourth-order valence-electron chi connectivity index (χ4n) is 2.24. The van der Waals surface area contributed by atoms with Crippen LogP contribution < -0.4 is 0 Å². The van der Waals surface area contributed by atoms with Crippen molar-refractivity contribution < 1.29 is 14.6 Å². The molecule has 0 atom stereocenters. The molecule has 1 aliphatic rings. The van der Waals surface area contributed by atoms with E-state index in [0.717, 1.165) is 5.56 Å². The van der Waals surface area contributed by atoms with Crippen molar-refractivity contribution in [3.8, 4) is 0 Å². The molecular weight excluding hydrogens is 372 g/mol. The zero-order valence-corrected chi connectivity index (χ0v) is 15.4. The Labute approximate surface area is 160 Å². The molecule has 0 saturated carbocycles. The van der Waals surface area contributed by atoms with Crippen LogP contribution in [-0.2, 0) is 9.53 Å². The van der Waals surface area contributed by atoms with E-state index in [2.05, 4.69) is 9.98 Å². The quantitative estimate of drug-likeness (QED) is 0.754. The summed E-state index contributed by atoms with van der Waals surface area (Å²) in [4.78, 5) is 21.3. The van der Waals surface area contributed by atoms with Crippen LogP contribution in [0.4, 0.5) is 5.69 Å². The summed E-state index contributed by atoms with van der Waals surface area (Å²) in [6.45, 7) is 1.92. The predicted molar refractivity (Wildman–Crippen MR) is 105 cm³/mol. The summed E-state index contributed by atoms with van der Waals surface area (Å²) >= 11 is 7.10. The first kappa shape index (κ1) is 18.2. The molecule has 5 nitrogen and oxygen atoms in total. The zero-order chi connectivity index (χ0) is 18.5. The second kappa shape index (κ2) is 8.21. The second-order valence-corrected chi connectivity index (χ2v) is 6.70. The summed E-state index contributed by atoms with van der Waals surface area (Å²) in [6, 6.07) is 10.5. The molecule has 0 fully saturated rings. The third-order valence-electron chi connectivity index (χ3n) is 3.43. The number of pyridine rings is 1. The maximum absolute atomic E-state index is 12.3. The molecule has 7 heteroatoms. The van der Waals surface area contributed by atoms with E-state index in [1.807, 2.05) is 0 Å². The van der Waals surface area contributed by atoms with E-state index in [0.29, 0.717) is 20.7 Å². The molecule has 26 heavy (non-hydrogen) atoms. The van der Waals surface area contributed by atoms with E-state index in [4.69, 9.17) is 16.3 Å². The van der Waals surface area contributed by atoms with Gasteiger partial charge in [-0.05, 0) is 55.0 Å². The first-order valence-corrected chi connectivity index (χ1v) is 9.03. The number of rotatable bonds is 4. The Morgan fingerprint density at radius 1 is 1.27 bits per heavy atom. The van der Waals surface area contributed by atoms with Gasteiger partial charge in [0.2, 0.25) is 0 Å². The second-order valence-electron chi connectivity index (χ2n) is 5.23. The Morgan fingerprint density at radius 3 is 2.62 bits per heavy atom. The van der Waals surface area contributed by atoms with Gasteiger partial charge in [0.05, 0.1) is 17.2 Å². The van der Waals surface area contributed by atoms with Crippen molar-refractivity contribution in [2.45, 2.75) is 6.92 Å². The number of aliphatic hydroxyl groups excluding tert-OH is 1. The summed E-state index contributed by atoms with van der Waals surface area (Å²) in [7, 11) is 0. The molecule has 2 aromatic rings. The Bertz CT molecular complexity index is 906. The highest BCUT2D eigenvalue weighted by Gasteiger charge is 2.33. The van der Waals surface area contributed by atoms with Gasteiger partial charge in [0.15, 0.2) is 0 Å². The van der Waals surface area contributed by atoms with Crippen LogP contribution in [0.25, 0.3) is 6.08 Å². The van der Waals surface area contributed by atoms with Gasteiger partial charge in [-0.25, -0.2) is 9.79 Å². The SMILES string of the molecule is CCOC(=O)C1=C(O)/C(=C/c2ccncc2)SC1=Nc1ccc(Cl)cc1. The van der Waals surface area contributed by atoms with Crippen LogP contribution in [0, 0.1) is 0 Å². The van der Waals surface area contributed by atoms with Crippen LogP contribution in [-0.4, -0.2) is 27.7 Å². The average Bonchev–Trinajstić information content (AvgIpc) is 2.93. The molecule has 1 aliphatic heterocycles. The van der Waals surface area contributed by atoms with Gasteiger partial charge in [-0.3, -0.25) is 4.98 Å². The highest BCUT2D eigenvalue weighted by molar-refractivity contribution is 8.18. The van der Waals surface area contributed by atoms with Crippen molar-refractivity contribution in [1.29, 1.82) is 0 Å². The van der Waals surface area contributed by atoms with Gasteiger partial charge in [0.25, 0.3) is 0 Å². The van der Waals surface area contributed by atoms with E-state index in [1.165, 1.54) is 11.8 Å². The molecule has 0 saturated heterocycles. The molecule has 3 rings (SSSR count). The lowest BCUT2D eigenvalue weighted by Gasteiger charge is -2.03. The highest BCUT2D eigenvalue weighted by atomic mass is 35.5. The van der Waals surface area contributed by atoms with Crippen LogP contribution in [0.1, 0.15) is 12.5 Å². The molecule has 1 aromatic carbocycles. The minimum Gasteiger partial charge on any atom is -0.506 e. The first-order valence-electron chi connectivity index (χ1n) is 7.83. The number of carbonyl (C=O) groups excluding carboxylic acids is 1. The fourth-order valence-corrected chi connectivity index (χ4v) is 3.40. The summed E-state index contributed by atoms with van der Waals surface area (Å²) in [5, 5.41) is 11.5. The number of aliphatic imine (C=N–C) groups is 1. The van der Waals surface area contributed by atoms with Crippen LogP contribution in [0.2, 0.25) is 5.02 Å². The standard InChI is InChI=1S/C19H15ClN2O3S/c1-2-25-19(24)16-17(23)15(11-12-7-9-21-10-8-12)26-18(16)22-14-5-3-13(20)4-6-14/h3-11,23H,2H2,1H3/b15-11-,22-18?.